The summed E-state index contributed by atoms with van der Waals surface area (Å²) in [4.78, 5) is 0.724. The van der Waals surface area contributed by atoms with E-state index in [2.05, 4.69) is 22.0 Å². The zero-order valence-electron chi connectivity index (χ0n) is 8.15. The van der Waals surface area contributed by atoms with Gasteiger partial charge in [-0.3, -0.25) is 0 Å². The lowest BCUT2D eigenvalue weighted by Gasteiger charge is -2.24. The fourth-order valence-electron chi connectivity index (χ4n) is 2.02. The lowest BCUT2D eigenvalue weighted by Crippen LogP contribution is -2.22. The van der Waals surface area contributed by atoms with Crippen LogP contribution >= 0.6 is 26.8 Å². The summed E-state index contributed by atoms with van der Waals surface area (Å²) in [6.45, 7) is 0. The Balaban J connectivity index is 2.45. The van der Waals surface area contributed by atoms with Gasteiger partial charge < -0.3 is 0 Å². The Morgan fingerprint density at radius 1 is 1.47 bits per heavy atom. The van der Waals surface area contributed by atoms with E-state index in [0.717, 1.165) is 14.3 Å². The van der Waals surface area contributed by atoms with Crippen LogP contribution in [0.1, 0.15) is 19.3 Å². The van der Waals surface area contributed by atoms with Gasteiger partial charge in [-0.25, -0.2) is 8.78 Å². The van der Waals surface area contributed by atoms with Crippen molar-refractivity contribution in [3.8, 4) is 6.07 Å². The summed E-state index contributed by atoms with van der Waals surface area (Å²) >= 11 is 3.36. The number of halogens is 3. The van der Waals surface area contributed by atoms with Gasteiger partial charge in [-0.05, 0) is 39.8 Å². The molecule has 0 saturated heterocycles. The fraction of sp³-hybridized carbons (Fsp3) is 0.500. The van der Waals surface area contributed by atoms with Crippen molar-refractivity contribution in [1.82, 2.24) is 0 Å². The average Bonchev–Trinajstić information content (AvgIpc) is 2.39. The number of nitrogens with zero attached hydrogens (tertiary/aromatic N) is 1. The molecule has 1 nitrogen and oxygen atoms in total. The fourth-order valence-corrected chi connectivity index (χ4v) is 4.55. The predicted octanol–water partition coefficient (Wildman–Crippen LogP) is 3.83. The first kappa shape index (κ1) is 11.2. The van der Waals surface area contributed by atoms with Gasteiger partial charge in [0.15, 0.2) is 0 Å². The summed E-state index contributed by atoms with van der Waals surface area (Å²) < 4.78 is 27.3. The van der Waals surface area contributed by atoms with E-state index in [9.17, 15) is 8.78 Å². The minimum Gasteiger partial charge on any atom is -0.207 e. The molecule has 0 bridgehead atoms. The van der Waals surface area contributed by atoms with Crippen molar-refractivity contribution >= 4 is 26.8 Å². The SMILES string of the molecule is C[SH]1C(Br)=C2CC(F)(F)CCC2=C1C#N. The second kappa shape index (κ2) is 3.60. The van der Waals surface area contributed by atoms with E-state index in [1.165, 1.54) is 0 Å². The van der Waals surface area contributed by atoms with E-state index in [-0.39, 0.29) is 12.8 Å². The number of thiol groups is 1. The number of hydrogen-bond donors (Lipinski definition) is 1. The van der Waals surface area contributed by atoms with E-state index in [4.69, 9.17) is 5.26 Å². The molecule has 1 atom stereocenters. The number of fused-ring (bicyclic) bond motifs is 1. The Morgan fingerprint density at radius 3 is 2.73 bits per heavy atom. The molecule has 2 rings (SSSR count). The first-order valence-corrected chi connectivity index (χ1v) is 7.18. The monoisotopic (exact) mass is 293 g/mol. The van der Waals surface area contributed by atoms with Crippen molar-refractivity contribution in [2.24, 2.45) is 0 Å². The van der Waals surface area contributed by atoms with Crippen molar-refractivity contribution in [2.75, 3.05) is 6.26 Å². The molecule has 1 aliphatic heterocycles. The zero-order valence-corrected chi connectivity index (χ0v) is 10.6. The molecular formula is C10H10BrF2NS. The molecule has 0 amide bonds. The third-order valence-electron chi connectivity index (χ3n) is 2.81. The molecular weight excluding hydrogens is 284 g/mol. The Hall–Kier alpha value is -0.340. The van der Waals surface area contributed by atoms with Crippen molar-refractivity contribution in [3.05, 3.63) is 19.9 Å². The van der Waals surface area contributed by atoms with Crippen molar-refractivity contribution < 1.29 is 8.78 Å². The minimum atomic E-state index is -2.60. The van der Waals surface area contributed by atoms with Crippen molar-refractivity contribution in [2.45, 2.75) is 25.2 Å². The Kier molecular flexibility index (Phi) is 2.68. The van der Waals surface area contributed by atoms with Gasteiger partial charge in [-0.15, -0.1) is 0 Å². The maximum absolute atomic E-state index is 13.2. The van der Waals surface area contributed by atoms with E-state index >= 15 is 0 Å². The van der Waals surface area contributed by atoms with E-state index in [1.807, 2.05) is 6.26 Å². The molecule has 2 aliphatic rings. The molecule has 15 heavy (non-hydrogen) atoms. The molecule has 82 valence electrons. The van der Waals surface area contributed by atoms with Gasteiger partial charge in [0.05, 0.1) is 4.91 Å². The van der Waals surface area contributed by atoms with Crippen LogP contribution in [0.4, 0.5) is 8.78 Å². The van der Waals surface area contributed by atoms with Crippen LogP contribution in [0.25, 0.3) is 0 Å². The van der Waals surface area contributed by atoms with Crippen LogP contribution in [0, 0.1) is 11.3 Å². The first-order chi connectivity index (χ1) is 6.96. The normalized spacial score (nSPS) is 31.5. The predicted molar refractivity (Wildman–Crippen MR) is 62.3 cm³/mol. The van der Waals surface area contributed by atoms with E-state index in [1.54, 1.807) is 0 Å². The molecule has 0 aromatic heterocycles. The average molecular weight is 294 g/mol. The maximum Gasteiger partial charge on any atom is 0.252 e. The van der Waals surface area contributed by atoms with Gasteiger partial charge >= 0.3 is 0 Å². The summed E-state index contributed by atoms with van der Waals surface area (Å²) in [6, 6.07) is 2.16. The van der Waals surface area contributed by atoms with Gasteiger partial charge in [0.25, 0.3) is 5.92 Å². The number of nitriles is 1. The third-order valence-corrected chi connectivity index (χ3v) is 6.79. The van der Waals surface area contributed by atoms with Gasteiger partial charge in [-0.2, -0.15) is 16.2 Å². The van der Waals surface area contributed by atoms with Gasteiger partial charge in [0.1, 0.15) is 6.07 Å². The molecule has 0 N–H and O–H groups in total. The lowest BCUT2D eigenvalue weighted by atomic mass is 9.88. The summed E-state index contributed by atoms with van der Waals surface area (Å²) in [5.74, 6) is -2.60. The molecule has 1 heterocycles. The molecule has 1 unspecified atom stereocenters. The number of rotatable bonds is 0. The van der Waals surface area contributed by atoms with Crippen LogP contribution in [-0.2, 0) is 0 Å². The highest BCUT2D eigenvalue weighted by Gasteiger charge is 2.41. The second-order valence-electron chi connectivity index (χ2n) is 3.80. The van der Waals surface area contributed by atoms with Crippen molar-refractivity contribution in [1.29, 1.82) is 5.26 Å². The molecule has 0 spiro atoms. The quantitative estimate of drug-likeness (QED) is 0.674. The van der Waals surface area contributed by atoms with Crippen LogP contribution in [0.15, 0.2) is 19.9 Å². The summed E-state index contributed by atoms with van der Waals surface area (Å²) in [7, 11) is -0.700. The van der Waals surface area contributed by atoms with Crippen LogP contribution in [0.5, 0.6) is 0 Å². The smallest absolute Gasteiger partial charge is 0.207 e. The number of alkyl halides is 2. The van der Waals surface area contributed by atoms with Gasteiger partial charge in [0.2, 0.25) is 0 Å². The summed E-state index contributed by atoms with van der Waals surface area (Å²) in [6.07, 6.45) is 1.95. The zero-order chi connectivity index (χ0) is 11.2. The van der Waals surface area contributed by atoms with Crippen molar-refractivity contribution in [3.63, 3.8) is 0 Å². The number of allylic oxidation sites excluding steroid dienone is 3. The highest BCUT2D eigenvalue weighted by atomic mass is 79.9. The molecule has 1 fully saturated rings. The van der Waals surface area contributed by atoms with Gasteiger partial charge in [-0.1, -0.05) is 0 Å². The summed E-state index contributed by atoms with van der Waals surface area (Å²) in [5, 5.41) is 9.00. The highest BCUT2D eigenvalue weighted by Crippen LogP contribution is 2.59. The maximum atomic E-state index is 13.2. The van der Waals surface area contributed by atoms with E-state index < -0.39 is 16.8 Å². The van der Waals surface area contributed by atoms with E-state index in [0.29, 0.717) is 12.0 Å². The Bertz CT molecular complexity index is 420. The van der Waals surface area contributed by atoms with Gasteiger partial charge in [0, 0.05) is 16.7 Å². The molecule has 1 aliphatic carbocycles. The van der Waals surface area contributed by atoms with Crippen LogP contribution in [-0.4, -0.2) is 12.2 Å². The van der Waals surface area contributed by atoms with Crippen LogP contribution in [0.3, 0.4) is 0 Å². The standard InChI is InChI=1S/C10H10BrF2NS/c1-15-8(5-14)6-2-3-10(12,13)4-7(6)9(15)11/h15H,2-4H2,1H3. The highest BCUT2D eigenvalue weighted by molar-refractivity contribution is 9.14. The molecule has 0 aromatic carbocycles. The Labute approximate surface area is 98.3 Å². The minimum absolute atomic E-state index is 0.125. The topological polar surface area (TPSA) is 23.8 Å². The molecule has 5 heteroatoms. The van der Waals surface area contributed by atoms with Crippen LogP contribution < -0.4 is 0 Å². The van der Waals surface area contributed by atoms with Crippen LogP contribution in [0.2, 0.25) is 0 Å². The Morgan fingerprint density at radius 2 is 2.13 bits per heavy atom. The molecule has 0 radical (unpaired) electrons. The third kappa shape index (κ3) is 1.74. The second-order valence-corrected chi connectivity index (χ2v) is 7.22. The lowest BCUT2D eigenvalue weighted by molar-refractivity contribution is -0.0123. The summed E-state index contributed by atoms with van der Waals surface area (Å²) in [5.41, 5.74) is 1.57. The molecule has 0 aromatic rings. The molecule has 1 saturated carbocycles. The largest absolute Gasteiger partial charge is 0.252 e. The first-order valence-electron chi connectivity index (χ1n) is 4.60. The number of hydrogen-bond acceptors (Lipinski definition) is 1.